The van der Waals surface area contributed by atoms with E-state index in [0.717, 1.165) is 17.3 Å². The highest BCUT2D eigenvalue weighted by molar-refractivity contribution is 5.26. The fourth-order valence-electron chi connectivity index (χ4n) is 0.810. The molecule has 1 aromatic rings. The van der Waals surface area contributed by atoms with Crippen molar-refractivity contribution < 1.29 is 9.15 Å². The van der Waals surface area contributed by atoms with Crippen molar-refractivity contribution in [3.63, 3.8) is 0 Å². The van der Waals surface area contributed by atoms with Crippen LogP contribution >= 0.6 is 0 Å². The number of ether oxygens (including phenoxy) is 1. The zero-order valence-electron chi connectivity index (χ0n) is 5.89. The molecule has 0 unspecified atom stereocenters. The number of methoxy groups -OCH3 is 1. The SMILES string of the molecule is COc1cc(C)oc1C. The van der Waals surface area contributed by atoms with Crippen molar-refractivity contribution in [3.8, 4) is 5.75 Å². The minimum Gasteiger partial charge on any atom is -0.493 e. The van der Waals surface area contributed by atoms with Gasteiger partial charge in [0.2, 0.25) is 0 Å². The maximum atomic E-state index is 5.18. The highest BCUT2D eigenvalue weighted by atomic mass is 16.5. The maximum Gasteiger partial charge on any atom is 0.160 e. The number of hydrogen-bond acceptors (Lipinski definition) is 2. The lowest BCUT2D eigenvalue weighted by Crippen LogP contribution is -1.79. The van der Waals surface area contributed by atoms with Crippen LogP contribution in [0.5, 0.6) is 5.75 Å². The molecular formula is C7H10O2. The van der Waals surface area contributed by atoms with Gasteiger partial charge in [0.15, 0.2) is 5.75 Å². The topological polar surface area (TPSA) is 22.4 Å². The summed E-state index contributed by atoms with van der Waals surface area (Å²) in [6, 6.07) is 1.87. The Morgan fingerprint density at radius 2 is 2.11 bits per heavy atom. The summed E-state index contributed by atoms with van der Waals surface area (Å²) in [7, 11) is 1.64. The molecule has 0 aliphatic heterocycles. The summed E-state index contributed by atoms with van der Waals surface area (Å²) in [4.78, 5) is 0. The Hall–Kier alpha value is -0.920. The first-order chi connectivity index (χ1) is 4.24. The molecule has 0 bridgehead atoms. The van der Waals surface area contributed by atoms with Gasteiger partial charge in [-0.15, -0.1) is 0 Å². The van der Waals surface area contributed by atoms with E-state index in [2.05, 4.69) is 0 Å². The molecule has 1 heterocycles. The molecule has 0 radical (unpaired) electrons. The van der Waals surface area contributed by atoms with Crippen LogP contribution in [0.1, 0.15) is 11.5 Å². The normalized spacial score (nSPS) is 9.67. The van der Waals surface area contributed by atoms with E-state index in [1.807, 2.05) is 19.9 Å². The van der Waals surface area contributed by atoms with Crippen molar-refractivity contribution in [1.82, 2.24) is 0 Å². The van der Waals surface area contributed by atoms with E-state index in [-0.39, 0.29) is 0 Å². The summed E-state index contributed by atoms with van der Waals surface area (Å²) in [6.45, 7) is 3.78. The van der Waals surface area contributed by atoms with Crippen molar-refractivity contribution in [2.24, 2.45) is 0 Å². The third kappa shape index (κ3) is 1.07. The van der Waals surface area contributed by atoms with Crippen LogP contribution in [0.4, 0.5) is 0 Å². The second kappa shape index (κ2) is 2.13. The van der Waals surface area contributed by atoms with Crippen molar-refractivity contribution in [1.29, 1.82) is 0 Å². The second-order valence-corrected chi connectivity index (χ2v) is 1.98. The molecule has 0 N–H and O–H groups in total. The third-order valence-corrected chi connectivity index (χ3v) is 1.22. The van der Waals surface area contributed by atoms with Crippen LogP contribution in [-0.4, -0.2) is 7.11 Å². The van der Waals surface area contributed by atoms with Gasteiger partial charge >= 0.3 is 0 Å². The van der Waals surface area contributed by atoms with Crippen LogP contribution < -0.4 is 4.74 Å². The fourth-order valence-corrected chi connectivity index (χ4v) is 0.810. The van der Waals surface area contributed by atoms with E-state index < -0.39 is 0 Å². The summed E-state index contributed by atoms with van der Waals surface area (Å²) >= 11 is 0. The standard InChI is InChI=1S/C7H10O2/c1-5-4-7(8-3)6(2)9-5/h4H,1-3H3. The van der Waals surface area contributed by atoms with Gasteiger partial charge in [-0.1, -0.05) is 0 Å². The zero-order chi connectivity index (χ0) is 6.85. The Bertz CT molecular complexity index is 201. The van der Waals surface area contributed by atoms with Crippen LogP contribution in [-0.2, 0) is 0 Å². The van der Waals surface area contributed by atoms with E-state index in [9.17, 15) is 0 Å². The predicted molar refractivity (Wildman–Crippen MR) is 34.7 cm³/mol. The highest BCUT2D eigenvalue weighted by Crippen LogP contribution is 2.20. The van der Waals surface area contributed by atoms with E-state index >= 15 is 0 Å². The summed E-state index contributed by atoms with van der Waals surface area (Å²) in [5.74, 6) is 2.56. The minimum atomic E-state index is 0.826. The van der Waals surface area contributed by atoms with E-state index in [4.69, 9.17) is 9.15 Å². The molecular weight excluding hydrogens is 116 g/mol. The summed E-state index contributed by atoms with van der Waals surface area (Å²) in [5.41, 5.74) is 0. The quantitative estimate of drug-likeness (QED) is 0.573. The lowest BCUT2D eigenvalue weighted by atomic mass is 10.4. The van der Waals surface area contributed by atoms with Crippen LogP contribution in [0.25, 0.3) is 0 Å². The first kappa shape index (κ1) is 6.20. The molecule has 0 atom stereocenters. The predicted octanol–water partition coefficient (Wildman–Crippen LogP) is 1.91. The lowest BCUT2D eigenvalue weighted by molar-refractivity contribution is 0.395. The molecule has 0 aliphatic carbocycles. The second-order valence-electron chi connectivity index (χ2n) is 1.98. The lowest BCUT2D eigenvalue weighted by Gasteiger charge is -1.91. The molecule has 0 amide bonds. The first-order valence-corrected chi connectivity index (χ1v) is 2.85. The molecule has 0 aliphatic rings. The van der Waals surface area contributed by atoms with Crippen LogP contribution in [0, 0.1) is 13.8 Å². The Balaban J connectivity index is 3.01. The largest absolute Gasteiger partial charge is 0.493 e. The molecule has 50 valence electrons. The van der Waals surface area contributed by atoms with Crippen LogP contribution in [0.15, 0.2) is 10.5 Å². The summed E-state index contributed by atoms with van der Waals surface area (Å²) in [6.07, 6.45) is 0. The monoisotopic (exact) mass is 126 g/mol. The summed E-state index contributed by atoms with van der Waals surface area (Å²) in [5, 5.41) is 0. The van der Waals surface area contributed by atoms with E-state index in [0.29, 0.717) is 0 Å². The maximum absolute atomic E-state index is 5.18. The average Bonchev–Trinajstić information content (AvgIpc) is 2.10. The Labute approximate surface area is 54.4 Å². The van der Waals surface area contributed by atoms with Crippen molar-refractivity contribution in [3.05, 3.63) is 17.6 Å². The van der Waals surface area contributed by atoms with Gasteiger partial charge in [0.05, 0.1) is 7.11 Å². The van der Waals surface area contributed by atoms with Gasteiger partial charge in [-0.05, 0) is 13.8 Å². The molecule has 0 saturated carbocycles. The van der Waals surface area contributed by atoms with Gasteiger partial charge < -0.3 is 9.15 Å². The van der Waals surface area contributed by atoms with E-state index in [1.165, 1.54) is 0 Å². The summed E-state index contributed by atoms with van der Waals surface area (Å²) < 4.78 is 10.2. The third-order valence-electron chi connectivity index (χ3n) is 1.22. The molecule has 0 saturated heterocycles. The number of rotatable bonds is 1. The van der Waals surface area contributed by atoms with Gasteiger partial charge in [0, 0.05) is 6.07 Å². The molecule has 2 heteroatoms. The average molecular weight is 126 g/mol. The van der Waals surface area contributed by atoms with Crippen LogP contribution in [0.3, 0.4) is 0 Å². The molecule has 0 spiro atoms. The first-order valence-electron chi connectivity index (χ1n) is 2.85. The van der Waals surface area contributed by atoms with Gasteiger partial charge in [0.25, 0.3) is 0 Å². The number of aryl methyl sites for hydroxylation is 2. The Morgan fingerprint density at radius 1 is 1.44 bits per heavy atom. The van der Waals surface area contributed by atoms with Crippen molar-refractivity contribution in [2.45, 2.75) is 13.8 Å². The Kier molecular flexibility index (Phi) is 1.47. The van der Waals surface area contributed by atoms with Gasteiger partial charge in [0.1, 0.15) is 11.5 Å². The zero-order valence-corrected chi connectivity index (χ0v) is 5.89. The van der Waals surface area contributed by atoms with Gasteiger partial charge in [-0.2, -0.15) is 0 Å². The molecule has 1 rings (SSSR count). The number of hydrogen-bond donors (Lipinski definition) is 0. The van der Waals surface area contributed by atoms with Crippen molar-refractivity contribution in [2.75, 3.05) is 7.11 Å². The fraction of sp³-hybridized carbons (Fsp3) is 0.429. The Morgan fingerprint density at radius 3 is 2.33 bits per heavy atom. The minimum absolute atomic E-state index is 0.826. The molecule has 0 aromatic carbocycles. The molecule has 2 nitrogen and oxygen atoms in total. The molecule has 1 aromatic heterocycles. The smallest absolute Gasteiger partial charge is 0.160 e. The van der Waals surface area contributed by atoms with Gasteiger partial charge in [-0.3, -0.25) is 0 Å². The van der Waals surface area contributed by atoms with E-state index in [1.54, 1.807) is 7.11 Å². The van der Waals surface area contributed by atoms with Crippen molar-refractivity contribution >= 4 is 0 Å². The molecule has 9 heavy (non-hydrogen) atoms. The number of furan rings is 1. The van der Waals surface area contributed by atoms with Crippen LogP contribution in [0.2, 0.25) is 0 Å². The highest BCUT2D eigenvalue weighted by Gasteiger charge is 2.01. The molecule has 0 fully saturated rings. The van der Waals surface area contributed by atoms with Gasteiger partial charge in [-0.25, -0.2) is 0 Å².